The zero-order valence-electron chi connectivity index (χ0n) is 10.9. The van der Waals surface area contributed by atoms with Gasteiger partial charge in [-0.15, -0.1) is 0 Å². The van der Waals surface area contributed by atoms with Crippen LogP contribution in [-0.4, -0.2) is 12.8 Å². The van der Waals surface area contributed by atoms with Gasteiger partial charge in [0.1, 0.15) is 0 Å². The molecular weight excluding hydrogens is 226 g/mol. The van der Waals surface area contributed by atoms with E-state index in [1.165, 1.54) is 18.1 Å². The Morgan fingerprint density at radius 3 is 2.67 bits per heavy atom. The second-order valence-electron chi connectivity index (χ2n) is 4.54. The van der Waals surface area contributed by atoms with Crippen LogP contribution in [0.25, 0.3) is 0 Å². The normalized spacial score (nSPS) is 10.4. The summed E-state index contributed by atoms with van der Waals surface area (Å²) in [5.41, 5.74) is 2.46. The maximum absolute atomic E-state index is 11.2. The van der Waals surface area contributed by atoms with Gasteiger partial charge in [0.15, 0.2) is 17.4 Å². The van der Waals surface area contributed by atoms with Gasteiger partial charge in [0.05, 0.1) is 0 Å². The van der Waals surface area contributed by atoms with Crippen LogP contribution in [0.4, 0.5) is 5.88 Å². The van der Waals surface area contributed by atoms with E-state index in [4.69, 9.17) is 4.42 Å². The van der Waals surface area contributed by atoms with Crippen molar-refractivity contribution in [2.24, 2.45) is 0 Å². The molecule has 0 unspecified atom stereocenters. The van der Waals surface area contributed by atoms with Crippen LogP contribution >= 0.6 is 0 Å². The van der Waals surface area contributed by atoms with E-state index in [-0.39, 0.29) is 5.78 Å². The molecule has 1 heterocycles. The second-order valence-corrected chi connectivity index (χ2v) is 4.54. The molecule has 0 saturated heterocycles. The number of aryl methyl sites for hydroxylation is 1. The van der Waals surface area contributed by atoms with Gasteiger partial charge in [-0.2, -0.15) is 0 Å². The lowest BCUT2D eigenvalue weighted by Crippen LogP contribution is -2.15. The standard InChI is InChI=1S/C15H17NO2/c1-11-5-4-6-13(9-11)10-16(3)15-8-7-14(18-15)12(2)17/h4-9H,10H2,1-3H3. The minimum atomic E-state index is -0.0507. The minimum absolute atomic E-state index is 0.0507. The number of benzene rings is 1. The average molecular weight is 243 g/mol. The molecule has 2 rings (SSSR count). The first-order valence-corrected chi connectivity index (χ1v) is 5.94. The number of carbonyl (C=O) groups is 1. The van der Waals surface area contributed by atoms with Gasteiger partial charge in [-0.25, -0.2) is 0 Å². The minimum Gasteiger partial charge on any atom is -0.437 e. The summed E-state index contributed by atoms with van der Waals surface area (Å²) in [7, 11) is 1.95. The van der Waals surface area contributed by atoms with Crippen LogP contribution in [-0.2, 0) is 6.54 Å². The van der Waals surface area contributed by atoms with E-state index in [1.807, 2.05) is 24.1 Å². The monoisotopic (exact) mass is 243 g/mol. The van der Waals surface area contributed by atoms with Crippen molar-refractivity contribution in [3.8, 4) is 0 Å². The lowest BCUT2D eigenvalue weighted by Gasteiger charge is -2.16. The van der Waals surface area contributed by atoms with Gasteiger partial charge in [-0.3, -0.25) is 4.79 Å². The number of rotatable bonds is 4. The van der Waals surface area contributed by atoms with E-state index in [2.05, 4.69) is 25.1 Å². The number of carbonyl (C=O) groups excluding carboxylic acids is 1. The molecule has 0 amide bonds. The lowest BCUT2D eigenvalue weighted by molar-refractivity contribution is 0.0988. The molecule has 1 aromatic heterocycles. The predicted octanol–water partition coefficient (Wildman–Crippen LogP) is 3.43. The van der Waals surface area contributed by atoms with E-state index in [9.17, 15) is 4.79 Å². The van der Waals surface area contributed by atoms with Gasteiger partial charge in [-0.05, 0) is 18.6 Å². The van der Waals surface area contributed by atoms with Crippen LogP contribution < -0.4 is 4.90 Å². The summed E-state index contributed by atoms with van der Waals surface area (Å²) in [4.78, 5) is 13.2. The predicted molar refractivity (Wildman–Crippen MR) is 72.0 cm³/mol. The van der Waals surface area contributed by atoms with Crippen molar-refractivity contribution in [3.63, 3.8) is 0 Å². The Morgan fingerprint density at radius 1 is 1.28 bits per heavy atom. The van der Waals surface area contributed by atoms with Gasteiger partial charge >= 0.3 is 0 Å². The molecule has 0 saturated carbocycles. The van der Waals surface area contributed by atoms with E-state index >= 15 is 0 Å². The highest BCUT2D eigenvalue weighted by Crippen LogP contribution is 2.19. The molecule has 0 N–H and O–H groups in total. The maximum Gasteiger partial charge on any atom is 0.196 e. The zero-order chi connectivity index (χ0) is 13.1. The van der Waals surface area contributed by atoms with Crippen molar-refractivity contribution < 1.29 is 9.21 Å². The molecular formula is C15H17NO2. The zero-order valence-corrected chi connectivity index (χ0v) is 10.9. The fourth-order valence-electron chi connectivity index (χ4n) is 1.88. The van der Waals surface area contributed by atoms with Gasteiger partial charge < -0.3 is 9.32 Å². The summed E-state index contributed by atoms with van der Waals surface area (Å²) in [6.07, 6.45) is 0. The highest BCUT2D eigenvalue weighted by atomic mass is 16.4. The lowest BCUT2D eigenvalue weighted by atomic mass is 10.1. The first kappa shape index (κ1) is 12.4. The molecule has 0 bridgehead atoms. The molecule has 18 heavy (non-hydrogen) atoms. The maximum atomic E-state index is 11.2. The second kappa shape index (κ2) is 5.08. The molecule has 3 heteroatoms. The van der Waals surface area contributed by atoms with Crippen molar-refractivity contribution in [1.29, 1.82) is 0 Å². The third-order valence-electron chi connectivity index (χ3n) is 2.82. The number of hydrogen-bond donors (Lipinski definition) is 0. The van der Waals surface area contributed by atoms with Gasteiger partial charge in [0, 0.05) is 26.6 Å². The van der Waals surface area contributed by atoms with E-state index in [0.717, 1.165) is 6.54 Å². The molecule has 0 atom stereocenters. The Labute approximate surface area is 107 Å². The molecule has 94 valence electrons. The summed E-state index contributed by atoms with van der Waals surface area (Å²) in [5.74, 6) is 1.06. The van der Waals surface area contributed by atoms with E-state index < -0.39 is 0 Å². The molecule has 0 spiro atoms. The molecule has 0 radical (unpaired) electrons. The third kappa shape index (κ3) is 2.80. The van der Waals surface area contributed by atoms with Crippen LogP contribution in [0.3, 0.4) is 0 Å². The Bertz CT molecular complexity index is 557. The van der Waals surface area contributed by atoms with Crippen molar-refractivity contribution in [3.05, 3.63) is 53.3 Å². The fraction of sp³-hybridized carbons (Fsp3) is 0.267. The first-order valence-electron chi connectivity index (χ1n) is 5.94. The largest absolute Gasteiger partial charge is 0.437 e. The molecule has 0 aliphatic carbocycles. The molecule has 2 aromatic rings. The molecule has 3 nitrogen and oxygen atoms in total. The topological polar surface area (TPSA) is 33.5 Å². The number of ketones is 1. The number of anilines is 1. The first-order chi connectivity index (χ1) is 8.56. The third-order valence-corrected chi connectivity index (χ3v) is 2.82. The number of hydrogen-bond acceptors (Lipinski definition) is 3. The fourth-order valence-corrected chi connectivity index (χ4v) is 1.88. The van der Waals surface area contributed by atoms with Crippen LogP contribution in [0.2, 0.25) is 0 Å². The average Bonchev–Trinajstić information content (AvgIpc) is 2.78. The highest BCUT2D eigenvalue weighted by Gasteiger charge is 2.10. The smallest absolute Gasteiger partial charge is 0.196 e. The summed E-state index contributed by atoms with van der Waals surface area (Å²) >= 11 is 0. The Morgan fingerprint density at radius 2 is 2.06 bits per heavy atom. The Hall–Kier alpha value is -2.03. The van der Waals surface area contributed by atoms with Gasteiger partial charge in [0.25, 0.3) is 0 Å². The SMILES string of the molecule is CC(=O)c1ccc(N(C)Cc2cccc(C)c2)o1. The summed E-state index contributed by atoms with van der Waals surface area (Å²) in [5, 5.41) is 0. The number of furan rings is 1. The quantitative estimate of drug-likeness (QED) is 0.771. The summed E-state index contributed by atoms with van der Waals surface area (Å²) < 4.78 is 5.49. The molecule has 0 aliphatic heterocycles. The molecule has 1 aromatic carbocycles. The number of nitrogens with zero attached hydrogens (tertiary/aromatic N) is 1. The van der Waals surface area contributed by atoms with E-state index in [1.54, 1.807) is 6.07 Å². The Balaban J connectivity index is 2.11. The van der Waals surface area contributed by atoms with Crippen molar-refractivity contribution >= 4 is 11.7 Å². The van der Waals surface area contributed by atoms with Crippen molar-refractivity contribution in [2.45, 2.75) is 20.4 Å². The van der Waals surface area contributed by atoms with Crippen LogP contribution in [0, 0.1) is 6.92 Å². The van der Waals surface area contributed by atoms with Crippen LogP contribution in [0.15, 0.2) is 40.8 Å². The van der Waals surface area contributed by atoms with Crippen molar-refractivity contribution in [2.75, 3.05) is 11.9 Å². The highest BCUT2D eigenvalue weighted by molar-refractivity contribution is 5.91. The van der Waals surface area contributed by atoms with E-state index in [0.29, 0.717) is 11.6 Å². The number of Topliss-reactive ketones (excluding diaryl/α,β-unsaturated/α-hetero) is 1. The summed E-state index contributed by atoms with van der Waals surface area (Å²) in [6, 6.07) is 11.9. The van der Waals surface area contributed by atoms with Gasteiger partial charge in [-0.1, -0.05) is 29.8 Å². The van der Waals surface area contributed by atoms with Crippen LogP contribution in [0.1, 0.15) is 28.6 Å². The van der Waals surface area contributed by atoms with Crippen molar-refractivity contribution in [1.82, 2.24) is 0 Å². The van der Waals surface area contributed by atoms with Crippen LogP contribution in [0.5, 0.6) is 0 Å². The van der Waals surface area contributed by atoms with Gasteiger partial charge in [0.2, 0.25) is 0 Å². The molecule has 0 fully saturated rings. The summed E-state index contributed by atoms with van der Waals surface area (Å²) in [6.45, 7) is 4.33. The molecule has 0 aliphatic rings. The Kier molecular flexibility index (Phi) is 3.51.